The molecule has 0 saturated heterocycles. The standard InChI is InChI=1S/C15H26N2O3S/c1-12(2)16-21(19,20)15-9-6-5-8-14(15)17(13(3)4)10-7-11-18/h5-6,8-9,12-13,16,18H,7,10-11H2,1-4H3. The second-order valence-electron chi connectivity index (χ2n) is 5.61. The number of para-hydroxylation sites is 1. The van der Waals surface area contributed by atoms with Crippen LogP contribution in [-0.4, -0.2) is 38.8 Å². The van der Waals surface area contributed by atoms with Gasteiger partial charge >= 0.3 is 0 Å². The zero-order valence-electron chi connectivity index (χ0n) is 13.2. The highest BCUT2D eigenvalue weighted by Gasteiger charge is 2.23. The Morgan fingerprint density at radius 2 is 1.81 bits per heavy atom. The van der Waals surface area contributed by atoms with Gasteiger partial charge in [0, 0.05) is 25.2 Å². The maximum absolute atomic E-state index is 12.5. The van der Waals surface area contributed by atoms with E-state index in [9.17, 15) is 8.42 Å². The fraction of sp³-hybridized carbons (Fsp3) is 0.600. The molecular weight excluding hydrogens is 288 g/mol. The number of hydrogen-bond acceptors (Lipinski definition) is 4. The van der Waals surface area contributed by atoms with Crippen molar-refractivity contribution in [2.75, 3.05) is 18.1 Å². The van der Waals surface area contributed by atoms with Crippen molar-refractivity contribution in [1.82, 2.24) is 4.72 Å². The molecule has 1 aromatic carbocycles. The van der Waals surface area contributed by atoms with E-state index in [1.165, 1.54) is 0 Å². The first-order valence-electron chi connectivity index (χ1n) is 7.28. The van der Waals surface area contributed by atoms with E-state index in [1.54, 1.807) is 26.0 Å². The molecule has 0 amide bonds. The second-order valence-corrected chi connectivity index (χ2v) is 7.29. The molecule has 0 atom stereocenters. The zero-order chi connectivity index (χ0) is 16.0. The SMILES string of the molecule is CC(C)NS(=O)(=O)c1ccccc1N(CCCO)C(C)C. The van der Waals surface area contributed by atoms with Crippen molar-refractivity contribution in [2.24, 2.45) is 0 Å². The molecule has 1 rings (SSSR count). The van der Waals surface area contributed by atoms with Gasteiger partial charge in [0.1, 0.15) is 4.90 Å². The lowest BCUT2D eigenvalue weighted by atomic mass is 10.2. The average molecular weight is 314 g/mol. The van der Waals surface area contributed by atoms with Gasteiger partial charge in [0.25, 0.3) is 0 Å². The quantitative estimate of drug-likeness (QED) is 0.770. The molecule has 0 aliphatic carbocycles. The summed E-state index contributed by atoms with van der Waals surface area (Å²) in [6.07, 6.45) is 0.601. The maximum Gasteiger partial charge on any atom is 0.242 e. The van der Waals surface area contributed by atoms with Gasteiger partial charge in [0.15, 0.2) is 0 Å². The van der Waals surface area contributed by atoms with E-state index in [0.29, 0.717) is 18.7 Å². The van der Waals surface area contributed by atoms with Crippen LogP contribution in [-0.2, 0) is 10.0 Å². The van der Waals surface area contributed by atoms with Gasteiger partial charge in [0.2, 0.25) is 10.0 Å². The van der Waals surface area contributed by atoms with Gasteiger partial charge in [-0.25, -0.2) is 13.1 Å². The van der Waals surface area contributed by atoms with Crippen molar-refractivity contribution >= 4 is 15.7 Å². The van der Waals surface area contributed by atoms with Crippen molar-refractivity contribution in [2.45, 2.75) is 51.1 Å². The molecule has 0 unspecified atom stereocenters. The fourth-order valence-electron chi connectivity index (χ4n) is 2.19. The van der Waals surface area contributed by atoms with E-state index in [-0.39, 0.29) is 23.6 Å². The number of anilines is 1. The van der Waals surface area contributed by atoms with Crippen molar-refractivity contribution in [3.05, 3.63) is 24.3 Å². The molecule has 0 heterocycles. The van der Waals surface area contributed by atoms with Gasteiger partial charge in [-0.3, -0.25) is 0 Å². The molecule has 120 valence electrons. The van der Waals surface area contributed by atoms with Crippen LogP contribution in [0.25, 0.3) is 0 Å². The minimum atomic E-state index is -3.55. The molecular formula is C15H26N2O3S. The Hall–Kier alpha value is -1.11. The number of aliphatic hydroxyl groups is 1. The third-order valence-electron chi connectivity index (χ3n) is 3.04. The molecule has 0 aliphatic heterocycles. The summed E-state index contributed by atoms with van der Waals surface area (Å²) in [4.78, 5) is 2.29. The average Bonchev–Trinajstić information content (AvgIpc) is 2.37. The molecule has 5 nitrogen and oxygen atoms in total. The van der Waals surface area contributed by atoms with Crippen LogP contribution in [0.5, 0.6) is 0 Å². The fourth-order valence-corrected chi connectivity index (χ4v) is 3.66. The molecule has 0 bridgehead atoms. The monoisotopic (exact) mass is 314 g/mol. The molecule has 0 saturated carbocycles. The number of sulfonamides is 1. The summed E-state index contributed by atoms with van der Waals surface area (Å²) in [7, 11) is -3.55. The van der Waals surface area contributed by atoms with Gasteiger partial charge < -0.3 is 10.0 Å². The van der Waals surface area contributed by atoms with E-state index in [2.05, 4.69) is 4.72 Å². The summed E-state index contributed by atoms with van der Waals surface area (Å²) < 4.78 is 27.6. The predicted molar refractivity (Wildman–Crippen MR) is 86.1 cm³/mol. The van der Waals surface area contributed by atoms with E-state index < -0.39 is 10.0 Å². The Morgan fingerprint density at radius 1 is 1.19 bits per heavy atom. The van der Waals surface area contributed by atoms with Crippen molar-refractivity contribution in [1.29, 1.82) is 0 Å². The minimum Gasteiger partial charge on any atom is -0.396 e. The first-order valence-corrected chi connectivity index (χ1v) is 8.76. The molecule has 0 spiro atoms. The maximum atomic E-state index is 12.5. The van der Waals surface area contributed by atoms with Crippen LogP contribution in [0.1, 0.15) is 34.1 Å². The number of benzene rings is 1. The minimum absolute atomic E-state index is 0.0857. The lowest BCUT2D eigenvalue weighted by Gasteiger charge is -2.30. The molecule has 0 aliphatic rings. The van der Waals surface area contributed by atoms with E-state index in [0.717, 1.165) is 0 Å². The summed E-state index contributed by atoms with van der Waals surface area (Å²) in [5.74, 6) is 0. The Balaban J connectivity index is 3.24. The third-order valence-corrected chi connectivity index (χ3v) is 4.74. The van der Waals surface area contributed by atoms with Crippen LogP contribution in [0.15, 0.2) is 29.2 Å². The Bertz CT molecular complexity index is 542. The normalized spacial score (nSPS) is 12.1. The van der Waals surface area contributed by atoms with Crippen molar-refractivity contribution in [3.63, 3.8) is 0 Å². The smallest absolute Gasteiger partial charge is 0.242 e. The number of nitrogens with one attached hydrogen (secondary N) is 1. The Kier molecular flexibility index (Phi) is 6.64. The molecule has 1 aromatic rings. The van der Waals surface area contributed by atoms with Crippen LogP contribution in [0, 0.1) is 0 Å². The first kappa shape index (κ1) is 17.9. The van der Waals surface area contributed by atoms with Crippen LogP contribution in [0.3, 0.4) is 0 Å². The molecule has 21 heavy (non-hydrogen) atoms. The molecule has 0 aromatic heterocycles. The summed E-state index contributed by atoms with van der Waals surface area (Å²) in [6.45, 7) is 8.32. The first-order chi connectivity index (χ1) is 9.79. The zero-order valence-corrected chi connectivity index (χ0v) is 14.0. The number of nitrogens with zero attached hydrogens (tertiary/aromatic N) is 1. The summed E-state index contributed by atoms with van der Waals surface area (Å²) in [5.41, 5.74) is 0.675. The Labute approximate surface area is 128 Å². The van der Waals surface area contributed by atoms with Gasteiger partial charge in [-0.15, -0.1) is 0 Å². The number of rotatable bonds is 8. The summed E-state index contributed by atoms with van der Waals surface area (Å²) >= 11 is 0. The Morgan fingerprint density at radius 3 is 2.33 bits per heavy atom. The van der Waals surface area contributed by atoms with Crippen molar-refractivity contribution in [3.8, 4) is 0 Å². The van der Waals surface area contributed by atoms with E-state index in [1.807, 2.05) is 30.9 Å². The van der Waals surface area contributed by atoms with Gasteiger partial charge in [-0.2, -0.15) is 0 Å². The summed E-state index contributed by atoms with van der Waals surface area (Å²) in [5, 5.41) is 9.03. The molecule has 0 fully saturated rings. The molecule has 2 N–H and O–H groups in total. The molecule has 6 heteroatoms. The van der Waals surface area contributed by atoms with Gasteiger partial charge in [-0.05, 0) is 46.2 Å². The highest BCUT2D eigenvalue weighted by atomic mass is 32.2. The number of hydrogen-bond donors (Lipinski definition) is 2. The van der Waals surface area contributed by atoms with Crippen LogP contribution in [0.2, 0.25) is 0 Å². The third kappa shape index (κ3) is 4.98. The highest BCUT2D eigenvalue weighted by molar-refractivity contribution is 7.89. The van der Waals surface area contributed by atoms with Crippen LogP contribution < -0.4 is 9.62 Å². The van der Waals surface area contributed by atoms with E-state index >= 15 is 0 Å². The highest BCUT2D eigenvalue weighted by Crippen LogP contribution is 2.27. The lowest BCUT2D eigenvalue weighted by Crippen LogP contribution is -2.36. The summed E-state index contributed by atoms with van der Waals surface area (Å²) in [6, 6.07) is 6.97. The van der Waals surface area contributed by atoms with Crippen LogP contribution >= 0.6 is 0 Å². The van der Waals surface area contributed by atoms with Gasteiger partial charge in [-0.1, -0.05) is 12.1 Å². The number of aliphatic hydroxyl groups excluding tert-OH is 1. The van der Waals surface area contributed by atoms with Crippen molar-refractivity contribution < 1.29 is 13.5 Å². The van der Waals surface area contributed by atoms with Gasteiger partial charge in [0.05, 0.1) is 5.69 Å². The molecule has 0 radical (unpaired) electrons. The lowest BCUT2D eigenvalue weighted by molar-refractivity contribution is 0.288. The topological polar surface area (TPSA) is 69.6 Å². The van der Waals surface area contributed by atoms with E-state index in [4.69, 9.17) is 5.11 Å². The second kappa shape index (κ2) is 7.77. The largest absolute Gasteiger partial charge is 0.396 e. The van der Waals surface area contributed by atoms with Crippen LogP contribution in [0.4, 0.5) is 5.69 Å². The predicted octanol–water partition coefficient (Wildman–Crippen LogP) is 1.97.